The summed E-state index contributed by atoms with van der Waals surface area (Å²) in [7, 11) is -3.87. The molecule has 1 atom stereocenters. The Morgan fingerprint density at radius 3 is 2.50 bits per heavy atom. The molecule has 0 bridgehead atoms. The first-order valence-electron chi connectivity index (χ1n) is 4.72. The van der Waals surface area contributed by atoms with Crippen molar-refractivity contribution in [2.45, 2.75) is 24.3 Å². The van der Waals surface area contributed by atoms with Gasteiger partial charge < -0.3 is 0 Å². The summed E-state index contributed by atoms with van der Waals surface area (Å²) in [4.78, 5) is 0.0429. The fraction of sp³-hybridized carbons (Fsp3) is 0.273. The van der Waals surface area contributed by atoms with E-state index in [1.54, 1.807) is 25.1 Å². The quantitative estimate of drug-likeness (QED) is 0.639. The van der Waals surface area contributed by atoms with Gasteiger partial charge in [0.15, 0.2) is 0 Å². The Morgan fingerprint density at radius 1 is 1.44 bits per heavy atom. The Balaban J connectivity index is 3.00. The second-order valence-electron chi connectivity index (χ2n) is 3.35. The topological polar surface area (TPSA) is 57.6 Å². The van der Waals surface area contributed by atoms with Crippen LogP contribution >= 0.6 is 0 Å². The summed E-state index contributed by atoms with van der Waals surface area (Å²) in [6.07, 6.45) is 5.22. The van der Waals surface area contributed by atoms with E-state index in [-0.39, 0.29) is 11.3 Å². The van der Waals surface area contributed by atoms with Crippen molar-refractivity contribution >= 4 is 10.0 Å². The number of rotatable bonds is 4. The second-order valence-corrected chi connectivity index (χ2v) is 5.14. The Morgan fingerprint density at radius 2 is 2.00 bits per heavy atom. The molecule has 0 amide bonds. The molecule has 0 aliphatic heterocycles. The van der Waals surface area contributed by atoms with Gasteiger partial charge >= 0.3 is 0 Å². The average Bonchev–Trinajstić information content (AvgIpc) is 2.29. The van der Waals surface area contributed by atoms with Crippen molar-refractivity contribution in [1.29, 1.82) is 0 Å². The molecule has 0 fully saturated rings. The number of hydroxylamine groups is 1. The monoisotopic (exact) mass is 239 g/mol. The van der Waals surface area contributed by atoms with Crippen LogP contribution in [-0.4, -0.2) is 24.1 Å². The molecule has 0 aromatic heterocycles. The molecule has 1 unspecified atom stereocenters. The van der Waals surface area contributed by atoms with Gasteiger partial charge in [0, 0.05) is 6.42 Å². The fourth-order valence-corrected chi connectivity index (χ4v) is 2.45. The van der Waals surface area contributed by atoms with Crippen LogP contribution in [0.15, 0.2) is 35.2 Å². The summed E-state index contributed by atoms with van der Waals surface area (Å²) in [5.74, 6) is 2.31. The highest BCUT2D eigenvalue weighted by molar-refractivity contribution is 7.89. The Hall–Kier alpha value is -1.35. The van der Waals surface area contributed by atoms with Gasteiger partial charge in [-0.05, 0) is 19.1 Å². The third-order valence-electron chi connectivity index (χ3n) is 2.08. The van der Waals surface area contributed by atoms with E-state index in [4.69, 9.17) is 6.42 Å². The van der Waals surface area contributed by atoms with E-state index in [0.717, 1.165) is 0 Å². The highest BCUT2D eigenvalue weighted by Gasteiger charge is 2.26. The number of benzene rings is 1. The third-order valence-corrected chi connectivity index (χ3v) is 3.80. The zero-order valence-corrected chi connectivity index (χ0v) is 9.68. The van der Waals surface area contributed by atoms with Crippen molar-refractivity contribution in [1.82, 2.24) is 4.47 Å². The molecule has 0 aliphatic carbocycles. The van der Waals surface area contributed by atoms with Gasteiger partial charge in [0.1, 0.15) is 0 Å². The lowest BCUT2D eigenvalue weighted by atomic mass is 10.3. The van der Waals surface area contributed by atoms with Crippen molar-refractivity contribution in [2.24, 2.45) is 0 Å². The Bertz CT molecular complexity index is 476. The molecule has 1 rings (SSSR count). The fourth-order valence-electron chi connectivity index (χ4n) is 1.19. The van der Waals surface area contributed by atoms with Crippen LogP contribution in [0.2, 0.25) is 0 Å². The van der Waals surface area contributed by atoms with E-state index >= 15 is 0 Å². The van der Waals surface area contributed by atoms with Crippen molar-refractivity contribution < 1.29 is 13.6 Å². The van der Waals surface area contributed by atoms with E-state index in [1.165, 1.54) is 12.1 Å². The van der Waals surface area contributed by atoms with Gasteiger partial charge in [0.25, 0.3) is 10.0 Å². The predicted octanol–water partition coefficient (Wildman–Crippen LogP) is 1.48. The average molecular weight is 239 g/mol. The number of hydrogen-bond acceptors (Lipinski definition) is 3. The van der Waals surface area contributed by atoms with E-state index < -0.39 is 16.1 Å². The van der Waals surface area contributed by atoms with Crippen LogP contribution in [-0.2, 0) is 10.0 Å². The van der Waals surface area contributed by atoms with Crippen LogP contribution < -0.4 is 0 Å². The molecule has 1 N–H and O–H groups in total. The van der Waals surface area contributed by atoms with Crippen molar-refractivity contribution in [3.63, 3.8) is 0 Å². The molecule has 0 aliphatic rings. The summed E-state index contributed by atoms with van der Waals surface area (Å²) in [6.45, 7) is 1.54. The van der Waals surface area contributed by atoms with Crippen molar-refractivity contribution in [2.75, 3.05) is 0 Å². The van der Waals surface area contributed by atoms with E-state index in [0.29, 0.717) is 4.47 Å². The van der Waals surface area contributed by atoms with Gasteiger partial charge in [0.2, 0.25) is 0 Å². The Kier molecular flexibility index (Phi) is 4.07. The molecular weight excluding hydrogens is 226 g/mol. The summed E-state index contributed by atoms with van der Waals surface area (Å²) >= 11 is 0. The predicted molar refractivity (Wildman–Crippen MR) is 60.2 cm³/mol. The smallest absolute Gasteiger partial charge is 0.265 e. The van der Waals surface area contributed by atoms with Gasteiger partial charge in [-0.1, -0.05) is 22.7 Å². The van der Waals surface area contributed by atoms with Crippen LogP contribution in [0.25, 0.3) is 0 Å². The minimum atomic E-state index is -3.87. The zero-order chi connectivity index (χ0) is 12.2. The largest absolute Gasteiger partial charge is 0.299 e. The van der Waals surface area contributed by atoms with Crippen LogP contribution in [0, 0.1) is 12.3 Å². The summed E-state index contributed by atoms with van der Waals surface area (Å²) in [5.41, 5.74) is 0. The lowest BCUT2D eigenvalue weighted by molar-refractivity contribution is -0.0281. The molecule has 0 saturated heterocycles. The minimum Gasteiger partial charge on any atom is -0.299 e. The van der Waals surface area contributed by atoms with Crippen molar-refractivity contribution in [3.05, 3.63) is 30.3 Å². The van der Waals surface area contributed by atoms with Crippen LogP contribution in [0.1, 0.15) is 13.3 Å². The Labute approximate surface area is 95.5 Å². The SMILES string of the molecule is C#CCC(C)N(O)S(=O)(=O)c1ccccc1. The first-order chi connectivity index (χ1) is 7.50. The number of hydrogen-bond donors (Lipinski definition) is 1. The zero-order valence-electron chi connectivity index (χ0n) is 8.87. The maximum absolute atomic E-state index is 11.9. The lowest BCUT2D eigenvalue weighted by Crippen LogP contribution is -2.35. The number of sulfonamides is 1. The van der Waals surface area contributed by atoms with E-state index in [9.17, 15) is 13.6 Å². The summed E-state index contributed by atoms with van der Waals surface area (Å²) < 4.78 is 24.0. The molecule has 1 aromatic rings. The second kappa shape index (κ2) is 5.12. The first kappa shape index (κ1) is 12.7. The standard InChI is InChI=1S/C11H13NO3S/c1-3-7-10(2)12(13)16(14,15)11-8-5-4-6-9-11/h1,4-6,8-10,13H,7H2,2H3. The molecule has 0 radical (unpaired) electrons. The molecule has 0 spiro atoms. The number of nitrogens with zero attached hydrogens (tertiary/aromatic N) is 1. The van der Waals surface area contributed by atoms with Crippen LogP contribution in [0.4, 0.5) is 0 Å². The molecule has 0 heterocycles. The maximum Gasteiger partial charge on any atom is 0.265 e. The van der Waals surface area contributed by atoms with Crippen molar-refractivity contribution in [3.8, 4) is 12.3 Å². The molecule has 0 saturated carbocycles. The lowest BCUT2D eigenvalue weighted by Gasteiger charge is -2.20. The molecule has 86 valence electrons. The van der Waals surface area contributed by atoms with Gasteiger partial charge in [-0.25, -0.2) is 8.42 Å². The normalized spacial score (nSPS) is 13.4. The molecule has 16 heavy (non-hydrogen) atoms. The van der Waals surface area contributed by atoms with Gasteiger partial charge in [-0.15, -0.1) is 12.3 Å². The van der Waals surface area contributed by atoms with Gasteiger partial charge in [-0.3, -0.25) is 5.21 Å². The summed E-state index contributed by atoms with van der Waals surface area (Å²) in [6, 6.07) is 7.07. The molecular formula is C11H13NO3S. The maximum atomic E-state index is 11.9. The van der Waals surface area contributed by atoms with E-state index in [2.05, 4.69) is 5.92 Å². The summed E-state index contributed by atoms with van der Waals surface area (Å²) in [5, 5.41) is 9.58. The molecule has 5 heteroatoms. The van der Waals surface area contributed by atoms with Gasteiger partial charge in [-0.2, -0.15) is 0 Å². The van der Waals surface area contributed by atoms with Gasteiger partial charge in [0.05, 0.1) is 10.9 Å². The highest BCUT2D eigenvalue weighted by Crippen LogP contribution is 2.16. The highest BCUT2D eigenvalue weighted by atomic mass is 32.2. The minimum absolute atomic E-state index is 0.0429. The molecule has 4 nitrogen and oxygen atoms in total. The number of terminal acetylenes is 1. The molecule has 1 aromatic carbocycles. The first-order valence-corrected chi connectivity index (χ1v) is 6.16. The van der Waals surface area contributed by atoms with Crippen LogP contribution in [0.3, 0.4) is 0 Å². The van der Waals surface area contributed by atoms with E-state index in [1.807, 2.05) is 0 Å². The third kappa shape index (κ3) is 2.61. The van der Waals surface area contributed by atoms with Crippen LogP contribution in [0.5, 0.6) is 0 Å².